The first-order chi connectivity index (χ1) is 6.28. The van der Waals surface area contributed by atoms with Gasteiger partial charge in [0.1, 0.15) is 0 Å². The average molecular weight is 213 g/mol. The van der Waals surface area contributed by atoms with Gasteiger partial charge in [-0.2, -0.15) is 0 Å². The second-order valence-electron chi connectivity index (χ2n) is 3.72. The molecule has 0 aromatic carbocycles. The predicted molar refractivity (Wildman–Crippen MR) is 60.5 cm³/mol. The van der Waals surface area contributed by atoms with Crippen LogP contribution in [0.5, 0.6) is 0 Å². The molecule has 2 rings (SSSR count). The molecule has 72 valence electrons. The molecule has 1 fully saturated rings. The summed E-state index contributed by atoms with van der Waals surface area (Å²) in [5, 5.41) is 0. The lowest BCUT2D eigenvalue weighted by atomic mass is 10.0. The first-order valence-electron chi connectivity index (χ1n) is 4.63. The SMILES string of the molecule is CSc1ccc(CN2CC(C)C2)s1. The van der Waals surface area contributed by atoms with Crippen LogP contribution in [0.15, 0.2) is 16.3 Å². The first-order valence-corrected chi connectivity index (χ1v) is 6.67. The van der Waals surface area contributed by atoms with E-state index in [2.05, 4.69) is 30.2 Å². The topological polar surface area (TPSA) is 3.24 Å². The highest BCUT2D eigenvalue weighted by atomic mass is 32.2. The van der Waals surface area contributed by atoms with Gasteiger partial charge in [0.25, 0.3) is 0 Å². The molecular formula is C10H15NS2. The van der Waals surface area contributed by atoms with E-state index in [1.807, 2.05) is 23.1 Å². The first kappa shape index (κ1) is 9.56. The molecule has 0 unspecified atom stereocenters. The van der Waals surface area contributed by atoms with Crippen molar-refractivity contribution in [2.24, 2.45) is 5.92 Å². The van der Waals surface area contributed by atoms with Crippen LogP contribution < -0.4 is 0 Å². The molecule has 0 aliphatic carbocycles. The van der Waals surface area contributed by atoms with Crippen molar-refractivity contribution < 1.29 is 0 Å². The van der Waals surface area contributed by atoms with Gasteiger partial charge in [0.2, 0.25) is 0 Å². The summed E-state index contributed by atoms with van der Waals surface area (Å²) in [7, 11) is 0. The summed E-state index contributed by atoms with van der Waals surface area (Å²) in [5.41, 5.74) is 0. The molecule has 0 N–H and O–H groups in total. The second-order valence-corrected chi connectivity index (χ2v) is 6.00. The zero-order valence-electron chi connectivity index (χ0n) is 8.12. The fraction of sp³-hybridized carbons (Fsp3) is 0.600. The molecule has 1 aliphatic heterocycles. The molecule has 1 aromatic rings. The van der Waals surface area contributed by atoms with Gasteiger partial charge in [-0.15, -0.1) is 23.1 Å². The Kier molecular flexibility index (Phi) is 2.96. The Bertz CT molecular complexity index is 276. The zero-order valence-corrected chi connectivity index (χ0v) is 9.75. The lowest BCUT2D eigenvalue weighted by Gasteiger charge is -2.36. The van der Waals surface area contributed by atoms with Crippen LogP contribution in [-0.4, -0.2) is 24.2 Å². The molecule has 1 aromatic heterocycles. The third-order valence-electron chi connectivity index (χ3n) is 2.36. The summed E-state index contributed by atoms with van der Waals surface area (Å²) >= 11 is 3.78. The molecule has 3 heteroatoms. The van der Waals surface area contributed by atoms with Gasteiger partial charge in [-0.1, -0.05) is 6.92 Å². The van der Waals surface area contributed by atoms with Gasteiger partial charge in [0, 0.05) is 24.5 Å². The summed E-state index contributed by atoms with van der Waals surface area (Å²) in [6.07, 6.45) is 2.14. The van der Waals surface area contributed by atoms with Crippen LogP contribution in [0.3, 0.4) is 0 Å². The van der Waals surface area contributed by atoms with Crippen molar-refractivity contribution in [3.8, 4) is 0 Å². The van der Waals surface area contributed by atoms with Crippen LogP contribution in [0.2, 0.25) is 0 Å². The Labute approximate surface area is 88.1 Å². The maximum Gasteiger partial charge on any atom is 0.0599 e. The Morgan fingerprint density at radius 2 is 2.31 bits per heavy atom. The number of nitrogens with zero attached hydrogens (tertiary/aromatic N) is 1. The number of rotatable bonds is 3. The normalized spacial score (nSPS) is 18.9. The van der Waals surface area contributed by atoms with Crippen molar-refractivity contribution in [3.05, 3.63) is 17.0 Å². The molecule has 0 radical (unpaired) electrons. The van der Waals surface area contributed by atoms with E-state index in [1.165, 1.54) is 22.2 Å². The number of hydrogen-bond acceptors (Lipinski definition) is 3. The Morgan fingerprint density at radius 1 is 1.54 bits per heavy atom. The molecule has 0 saturated carbocycles. The molecule has 2 heterocycles. The maximum atomic E-state index is 2.51. The molecule has 0 amide bonds. The largest absolute Gasteiger partial charge is 0.298 e. The van der Waals surface area contributed by atoms with E-state index in [0.717, 1.165) is 12.5 Å². The zero-order chi connectivity index (χ0) is 9.26. The van der Waals surface area contributed by atoms with Crippen molar-refractivity contribution in [1.82, 2.24) is 4.90 Å². The third kappa shape index (κ3) is 2.27. The van der Waals surface area contributed by atoms with E-state index in [-0.39, 0.29) is 0 Å². The molecule has 0 spiro atoms. The quantitative estimate of drug-likeness (QED) is 0.710. The summed E-state index contributed by atoms with van der Waals surface area (Å²) in [6, 6.07) is 4.49. The van der Waals surface area contributed by atoms with Crippen LogP contribution in [0.1, 0.15) is 11.8 Å². The molecule has 13 heavy (non-hydrogen) atoms. The summed E-state index contributed by atoms with van der Waals surface area (Å²) < 4.78 is 1.43. The fourth-order valence-electron chi connectivity index (χ4n) is 1.73. The van der Waals surface area contributed by atoms with Crippen LogP contribution in [0, 0.1) is 5.92 Å². The molecule has 1 nitrogen and oxygen atoms in total. The van der Waals surface area contributed by atoms with Crippen LogP contribution in [-0.2, 0) is 6.54 Å². The number of likely N-dealkylation sites (tertiary alicyclic amines) is 1. The highest BCUT2D eigenvalue weighted by Gasteiger charge is 2.22. The van der Waals surface area contributed by atoms with Gasteiger partial charge in [-0.05, 0) is 24.3 Å². The number of thiophene rings is 1. The lowest BCUT2D eigenvalue weighted by molar-refractivity contribution is 0.106. The predicted octanol–water partition coefficient (Wildman–Crippen LogP) is 2.92. The van der Waals surface area contributed by atoms with E-state index in [4.69, 9.17) is 0 Å². The summed E-state index contributed by atoms with van der Waals surface area (Å²) in [4.78, 5) is 4.02. The van der Waals surface area contributed by atoms with E-state index in [0.29, 0.717) is 0 Å². The smallest absolute Gasteiger partial charge is 0.0599 e. The molecule has 1 aliphatic rings. The fourth-order valence-corrected chi connectivity index (χ4v) is 3.37. The standard InChI is InChI=1S/C10H15NS2/c1-8-5-11(6-8)7-9-3-4-10(12-2)13-9/h3-4,8H,5-7H2,1-2H3. The average Bonchev–Trinajstić information content (AvgIpc) is 2.50. The minimum Gasteiger partial charge on any atom is -0.298 e. The Hall–Kier alpha value is 0.01000. The van der Waals surface area contributed by atoms with Crippen LogP contribution in [0.4, 0.5) is 0 Å². The van der Waals surface area contributed by atoms with Crippen LogP contribution >= 0.6 is 23.1 Å². The van der Waals surface area contributed by atoms with E-state index in [9.17, 15) is 0 Å². The van der Waals surface area contributed by atoms with Crippen molar-refractivity contribution in [2.75, 3.05) is 19.3 Å². The molecule has 0 atom stereocenters. The van der Waals surface area contributed by atoms with Crippen molar-refractivity contribution in [3.63, 3.8) is 0 Å². The van der Waals surface area contributed by atoms with Gasteiger partial charge in [-0.25, -0.2) is 0 Å². The van der Waals surface area contributed by atoms with Gasteiger partial charge in [0.05, 0.1) is 4.21 Å². The third-order valence-corrected chi connectivity index (χ3v) is 4.51. The summed E-state index contributed by atoms with van der Waals surface area (Å²) in [5.74, 6) is 0.917. The van der Waals surface area contributed by atoms with Crippen molar-refractivity contribution in [1.29, 1.82) is 0 Å². The molecular weight excluding hydrogens is 198 g/mol. The van der Waals surface area contributed by atoms with Gasteiger partial charge >= 0.3 is 0 Å². The monoisotopic (exact) mass is 213 g/mol. The number of hydrogen-bond donors (Lipinski definition) is 0. The van der Waals surface area contributed by atoms with Gasteiger partial charge in [-0.3, -0.25) is 4.90 Å². The van der Waals surface area contributed by atoms with E-state index in [1.54, 1.807) is 0 Å². The van der Waals surface area contributed by atoms with E-state index < -0.39 is 0 Å². The highest BCUT2D eigenvalue weighted by molar-refractivity contribution is 8.00. The van der Waals surface area contributed by atoms with E-state index >= 15 is 0 Å². The number of thioether (sulfide) groups is 1. The Morgan fingerprint density at radius 3 is 2.85 bits per heavy atom. The summed E-state index contributed by atoms with van der Waals surface area (Å²) in [6.45, 7) is 6.05. The second kappa shape index (κ2) is 4.03. The van der Waals surface area contributed by atoms with Crippen molar-refractivity contribution in [2.45, 2.75) is 17.7 Å². The van der Waals surface area contributed by atoms with Gasteiger partial charge in [0.15, 0.2) is 0 Å². The molecule has 0 bridgehead atoms. The van der Waals surface area contributed by atoms with Crippen LogP contribution in [0.25, 0.3) is 0 Å². The highest BCUT2D eigenvalue weighted by Crippen LogP contribution is 2.27. The molecule has 1 saturated heterocycles. The minimum absolute atomic E-state index is 0.917. The lowest BCUT2D eigenvalue weighted by Crippen LogP contribution is -2.44. The van der Waals surface area contributed by atoms with Gasteiger partial charge < -0.3 is 0 Å². The Balaban J connectivity index is 1.87. The van der Waals surface area contributed by atoms with Crippen molar-refractivity contribution >= 4 is 23.1 Å². The minimum atomic E-state index is 0.917. The maximum absolute atomic E-state index is 2.51.